The normalized spacial score (nSPS) is 11.7. The number of hydrogen-bond acceptors (Lipinski definition) is 3. The summed E-state index contributed by atoms with van der Waals surface area (Å²) < 4.78 is 17.7. The summed E-state index contributed by atoms with van der Waals surface area (Å²) in [5.41, 5.74) is 6.30. The number of nitrogens with two attached hydrogens (primary N) is 1. The molecule has 1 atom stereocenters. The van der Waals surface area contributed by atoms with Crippen LogP contribution in [0.5, 0.6) is 5.88 Å². The van der Waals surface area contributed by atoms with Gasteiger partial charge in [0.15, 0.2) is 0 Å². The molecule has 0 amide bonds. The van der Waals surface area contributed by atoms with Gasteiger partial charge in [-0.3, -0.25) is 0 Å². The van der Waals surface area contributed by atoms with Gasteiger partial charge in [0.05, 0.1) is 13.3 Å². The van der Waals surface area contributed by atoms with Gasteiger partial charge in [-0.2, -0.15) is 0 Å². The molecule has 1 heterocycles. The minimum Gasteiger partial charge on any atom is -0.481 e. The van der Waals surface area contributed by atoms with Crippen LogP contribution in [-0.4, -0.2) is 18.1 Å². The number of aromatic nitrogens is 1. The van der Waals surface area contributed by atoms with E-state index >= 15 is 0 Å². The molecule has 0 radical (unpaired) electrons. The molecule has 0 bridgehead atoms. The largest absolute Gasteiger partial charge is 0.481 e. The molecule has 0 spiro atoms. The molecule has 1 rings (SSSR count). The van der Waals surface area contributed by atoms with Crippen LogP contribution < -0.4 is 10.5 Å². The zero-order chi connectivity index (χ0) is 9.84. The van der Waals surface area contributed by atoms with E-state index in [-0.39, 0.29) is 24.3 Å². The first-order valence-electron chi connectivity index (χ1n) is 4.07. The van der Waals surface area contributed by atoms with Crippen molar-refractivity contribution < 1.29 is 9.13 Å². The number of ether oxygens (including phenoxy) is 1. The minimum atomic E-state index is -0.364. The third-order valence-corrected chi connectivity index (χ3v) is 1.63. The molecule has 3 nitrogen and oxygen atoms in total. The summed E-state index contributed by atoms with van der Waals surface area (Å²) in [7, 11) is 1.50. The Bertz CT molecular complexity index is 294. The minimum absolute atomic E-state index is 0. The molecular weight excluding hydrogens is 207 g/mol. The fraction of sp³-hybridized carbons (Fsp3) is 0.444. The topological polar surface area (TPSA) is 48.1 Å². The molecule has 0 saturated heterocycles. The van der Waals surface area contributed by atoms with Gasteiger partial charge in [-0.1, -0.05) is 0 Å². The van der Waals surface area contributed by atoms with Gasteiger partial charge >= 0.3 is 0 Å². The average Bonchev–Trinajstić information content (AvgIpc) is 2.03. The lowest BCUT2D eigenvalue weighted by atomic mass is 10.1. The highest BCUT2D eigenvalue weighted by Crippen LogP contribution is 2.16. The van der Waals surface area contributed by atoms with E-state index in [4.69, 9.17) is 10.5 Å². The second-order valence-electron chi connectivity index (χ2n) is 3.00. The number of methoxy groups -OCH3 is 1. The molecule has 0 aliphatic rings. The van der Waals surface area contributed by atoms with Crippen molar-refractivity contribution in [3.8, 4) is 5.88 Å². The Hall–Kier alpha value is -0.870. The van der Waals surface area contributed by atoms with E-state index in [2.05, 4.69) is 4.98 Å². The molecule has 0 aromatic carbocycles. The fourth-order valence-corrected chi connectivity index (χ4v) is 1.15. The van der Waals surface area contributed by atoms with Crippen molar-refractivity contribution in [2.75, 3.05) is 7.11 Å². The number of hydrogen-bond donors (Lipinski definition) is 1. The van der Waals surface area contributed by atoms with Crippen molar-refractivity contribution in [1.82, 2.24) is 4.98 Å². The van der Waals surface area contributed by atoms with Crippen molar-refractivity contribution in [3.05, 3.63) is 23.6 Å². The Labute approximate surface area is 88.9 Å². The Morgan fingerprint density at radius 2 is 2.29 bits per heavy atom. The lowest BCUT2D eigenvalue weighted by molar-refractivity contribution is 0.389. The van der Waals surface area contributed by atoms with Gasteiger partial charge in [-0.25, -0.2) is 9.37 Å². The first-order valence-corrected chi connectivity index (χ1v) is 4.07. The van der Waals surface area contributed by atoms with Crippen molar-refractivity contribution >= 4 is 12.4 Å². The highest BCUT2D eigenvalue weighted by Gasteiger charge is 2.07. The van der Waals surface area contributed by atoms with Crippen LogP contribution in [0.3, 0.4) is 0 Å². The van der Waals surface area contributed by atoms with Crippen molar-refractivity contribution in [2.24, 2.45) is 5.73 Å². The quantitative estimate of drug-likeness (QED) is 0.841. The molecule has 1 aromatic rings. The molecular formula is C9H14ClFN2O. The molecule has 14 heavy (non-hydrogen) atoms. The third-order valence-electron chi connectivity index (χ3n) is 1.63. The molecule has 5 heteroatoms. The Morgan fingerprint density at radius 1 is 1.64 bits per heavy atom. The van der Waals surface area contributed by atoms with E-state index in [1.165, 1.54) is 13.2 Å². The van der Waals surface area contributed by atoms with Gasteiger partial charge in [0.2, 0.25) is 5.88 Å². The van der Waals surface area contributed by atoms with Gasteiger partial charge in [0.1, 0.15) is 5.82 Å². The number of pyridine rings is 1. The fourth-order valence-electron chi connectivity index (χ4n) is 1.15. The predicted octanol–water partition coefficient (Wildman–Crippen LogP) is 1.54. The van der Waals surface area contributed by atoms with Crippen LogP contribution >= 0.6 is 12.4 Å². The molecule has 0 aliphatic heterocycles. The van der Waals surface area contributed by atoms with Gasteiger partial charge < -0.3 is 10.5 Å². The third kappa shape index (κ3) is 3.47. The smallest absolute Gasteiger partial charge is 0.216 e. The SMILES string of the molecule is COc1ncc(F)cc1CC(C)N.Cl. The summed E-state index contributed by atoms with van der Waals surface area (Å²) in [6.45, 7) is 1.85. The van der Waals surface area contributed by atoms with Crippen LogP contribution in [-0.2, 0) is 6.42 Å². The van der Waals surface area contributed by atoms with Crippen molar-refractivity contribution in [2.45, 2.75) is 19.4 Å². The van der Waals surface area contributed by atoms with Gasteiger partial charge in [0, 0.05) is 11.6 Å². The van der Waals surface area contributed by atoms with Crippen molar-refractivity contribution in [1.29, 1.82) is 0 Å². The second kappa shape index (κ2) is 5.78. The van der Waals surface area contributed by atoms with E-state index in [9.17, 15) is 4.39 Å². The number of rotatable bonds is 3. The lowest BCUT2D eigenvalue weighted by Gasteiger charge is -2.08. The molecule has 0 aliphatic carbocycles. The maximum Gasteiger partial charge on any atom is 0.216 e. The maximum absolute atomic E-state index is 12.8. The summed E-state index contributed by atoms with van der Waals surface area (Å²) in [5.74, 6) is 0.0788. The molecule has 1 aromatic heterocycles. The Morgan fingerprint density at radius 3 is 2.79 bits per heavy atom. The van der Waals surface area contributed by atoms with Crippen LogP contribution in [0, 0.1) is 5.82 Å². The highest BCUT2D eigenvalue weighted by molar-refractivity contribution is 5.85. The second-order valence-corrected chi connectivity index (χ2v) is 3.00. The van der Waals surface area contributed by atoms with Gasteiger partial charge in [0.25, 0.3) is 0 Å². The van der Waals surface area contributed by atoms with E-state index < -0.39 is 0 Å². The van der Waals surface area contributed by atoms with Crippen LogP contribution in [0.25, 0.3) is 0 Å². The summed E-state index contributed by atoms with van der Waals surface area (Å²) >= 11 is 0. The lowest BCUT2D eigenvalue weighted by Crippen LogP contribution is -2.18. The Kier molecular flexibility index (Phi) is 5.42. The molecule has 1 unspecified atom stereocenters. The van der Waals surface area contributed by atoms with Crippen LogP contribution in [0.15, 0.2) is 12.3 Å². The first kappa shape index (κ1) is 13.1. The van der Waals surface area contributed by atoms with Crippen molar-refractivity contribution in [3.63, 3.8) is 0 Å². The first-order chi connectivity index (χ1) is 6.13. The number of nitrogens with zero attached hydrogens (tertiary/aromatic N) is 1. The molecule has 0 saturated carbocycles. The maximum atomic E-state index is 12.8. The van der Waals surface area contributed by atoms with Crippen LogP contribution in [0.4, 0.5) is 4.39 Å². The highest BCUT2D eigenvalue weighted by atomic mass is 35.5. The number of halogens is 2. The van der Waals surface area contributed by atoms with E-state index in [0.29, 0.717) is 17.9 Å². The van der Waals surface area contributed by atoms with E-state index in [0.717, 1.165) is 6.20 Å². The zero-order valence-electron chi connectivity index (χ0n) is 8.16. The predicted molar refractivity (Wildman–Crippen MR) is 55.3 cm³/mol. The Balaban J connectivity index is 0.00000169. The summed E-state index contributed by atoms with van der Waals surface area (Å²) in [6.07, 6.45) is 1.69. The summed E-state index contributed by atoms with van der Waals surface area (Å²) in [6, 6.07) is 1.37. The zero-order valence-corrected chi connectivity index (χ0v) is 8.97. The molecule has 80 valence electrons. The summed E-state index contributed by atoms with van der Waals surface area (Å²) in [4.78, 5) is 3.80. The molecule has 2 N–H and O–H groups in total. The van der Waals surface area contributed by atoms with Crippen LogP contribution in [0.2, 0.25) is 0 Å². The van der Waals surface area contributed by atoms with Gasteiger partial charge in [-0.15, -0.1) is 12.4 Å². The van der Waals surface area contributed by atoms with E-state index in [1.54, 1.807) is 0 Å². The molecule has 0 fully saturated rings. The monoisotopic (exact) mass is 220 g/mol. The standard InChI is InChI=1S/C9H13FN2O.ClH/c1-6(11)3-7-4-8(10)5-12-9(7)13-2;/h4-6H,3,11H2,1-2H3;1H. The summed E-state index contributed by atoms with van der Waals surface area (Å²) in [5, 5.41) is 0. The van der Waals surface area contributed by atoms with E-state index in [1.807, 2.05) is 6.92 Å². The average molecular weight is 221 g/mol. The van der Waals surface area contributed by atoms with Crippen LogP contribution in [0.1, 0.15) is 12.5 Å². The van der Waals surface area contributed by atoms with Gasteiger partial charge in [-0.05, 0) is 19.4 Å².